The number of methoxy groups -OCH3 is 1. The van der Waals surface area contributed by atoms with Crippen LogP contribution in [-0.2, 0) is 6.42 Å². The Hall–Kier alpha value is -1.48. The predicted octanol–water partition coefficient (Wildman–Crippen LogP) is 2.99. The van der Waals surface area contributed by atoms with E-state index >= 15 is 0 Å². The number of rotatable bonds is 5. The minimum atomic E-state index is 0.460. The smallest absolute Gasteiger partial charge is 0.120 e. The lowest BCUT2D eigenvalue weighted by atomic mass is 10.2. The molecule has 0 saturated carbocycles. The normalized spacial score (nSPS) is 11.4. The first-order chi connectivity index (χ1) is 8.67. The van der Waals surface area contributed by atoms with Crippen LogP contribution in [0.4, 0.5) is 0 Å². The van der Waals surface area contributed by atoms with E-state index in [1.807, 2.05) is 13.1 Å². The van der Waals surface area contributed by atoms with Crippen molar-refractivity contribution in [2.45, 2.75) is 26.3 Å². The molecule has 0 aliphatic rings. The number of hydrogen-bond acceptors (Lipinski definition) is 2. The molecule has 1 heterocycles. The minimum Gasteiger partial charge on any atom is -0.497 e. The number of likely N-dealkylation sites (N-methyl/N-ethyl adjacent to an activating group) is 1. The van der Waals surface area contributed by atoms with Crippen LogP contribution in [0.5, 0.6) is 5.75 Å². The summed E-state index contributed by atoms with van der Waals surface area (Å²) in [5.41, 5.74) is 2.64. The molecule has 2 rings (SSSR count). The Morgan fingerprint density at radius 2 is 2.06 bits per heavy atom. The number of nitrogens with zero attached hydrogens (tertiary/aromatic N) is 1. The van der Waals surface area contributed by atoms with Gasteiger partial charge in [0.1, 0.15) is 5.75 Å². The second-order valence-electron chi connectivity index (χ2n) is 4.88. The lowest BCUT2D eigenvalue weighted by Crippen LogP contribution is -2.14. The lowest BCUT2D eigenvalue weighted by Gasteiger charge is -2.15. The van der Waals surface area contributed by atoms with Crippen molar-refractivity contribution in [3.8, 4) is 5.75 Å². The van der Waals surface area contributed by atoms with Gasteiger partial charge in [-0.2, -0.15) is 0 Å². The number of nitrogens with one attached hydrogen (secondary N) is 1. The summed E-state index contributed by atoms with van der Waals surface area (Å²) >= 11 is 0. The molecule has 0 atom stereocenters. The highest BCUT2D eigenvalue weighted by molar-refractivity contribution is 5.83. The number of fused-ring (bicyclic) bond motifs is 1. The maximum absolute atomic E-state index is 5.32. The third-order valence-corrected chi connectivity index (χ3v) is 3.28. The van der Waals surface area contributed by atoms with Gasteiger partial charge in [-0.15, -0.1) is 0 Å². The summed E-state index contributed by atoms with van der Waals surface area (Å²) in [6.07, 6.45) is 1.05. The Morgan fingerprint density at radius 1 is 1.28 bits per heavy atom. The van der Waals surface area contributed by atoms with Gasteiger partial charge in [-0.25, -0.2) is 0 Å². The summed E-state index contributed by atoms with van der Waals surface area (Å²) in [6, 6.07) is 9.02. The molecule has 18 heavy (non-hydrogen) atoms. The van der Waals surface area contributed by atoms with E-state index in [0.29, 0.717) is 6.04 Å². The molecule has 0 amide bonds. The van der Waals surface area contributed by atoms with Gasteiger partial charge in [-0.3, -0.25) is 0 Å². The Kier molecular flexibility index (Phi) is 3.92. The number of ether oxygens (including phenoxy) is 1. The van der Waals surface area contributed by atoms with Crippen molar-refractivity contribution < 1.29 is 4.74 Å². The zero-order valence-electron chi connectivity index (χ0n) is 11.7. The van der Waals surface area contributed by atoms with E-state index < -0.39 is 0 Å². The SMILES string of the molecule is CNCCc1cc2ccc(OC)cc2n1C(C)C. The molecule has 0 saturated heterocycles. The average molecular weight is 246 g/mol. The average Bonchev–Trinajstić information content (AvgIpc) is 2.73. The van der Waals surface area contributed by atoms with Crippen LogP contribution in [0.1, 0.15) is 25.6 Å². The third-order valence-electron chi connectivity index (χ3n) is 3.28. The summed E-state index contributed by atoms with van der Waals surface area (Å²) in [7, 11) is 3.71. The van der Waals surface area contributed by atoms with E-state index in [-0.39, 0.29) is 0 Å². The topological polar surface area (TPSA) is 26.2 Å². The highest BCUT2D eigenvalue weighted by atomic mass is 16.5. The summed E-state index contributed by atoms with van der Waals surface area (Å²) in [5.74, 6) is 0.919. The first kappa shape index (κ1) is 13.0. The van der Waals surface area contributed by atoms with Crippen LogP contribution in [0.15, 0.2) is 24.3 Å². The maximum Gasteiger partial charge on any atom is 0.120 e. The molecule has 0 spiro atoms. The Labute approximate surface area is 109 Å². The van der Waals surface area contributed by atoms with E-state index in [9.17, 15) is 0 Å². The molecule has 0 unspecified atom stereocenters. The Morgan fingerprint density at radius 3 is 2.67 bits per heavy atom. The van der Waals surface area contributed by atoms with Crippen LogP contribution in [-0.4, -0.2) is 25.3 Å². The van der Waals surface area contributed by atoms with E-state index in [4.69, 9.17) is 4.74 Å². The molecule has 0 aliphatic heterocycles. The van der Waals surface area contributed by atoms with Crippen LogP contribution in [0.3, 0.4) is 0 Å². The molecule has 1 N–H and O–H groups in total. The number of benzene rings is 1. The van der Waals surface area contributed by atoms with Gasteiger partial charge in [0.15, 0.2) is 0 Å². The minimum absolute atomic E-state index is 0.460. The molecule has 1 aromatic heterocycles. The highest BCUT2D eigenvalue weighted by Gasteiger charge is 2.11. The van der Waals surface area contributed by atoms with Gasteiger partial charge >= 0.3 is 0 Å². The predicted molar refractivity (Wildman–Crippen MR) is 76.5 cm³/mol. The van der Waals surface area contributed by atoms with Gasteiger partial charge in [0.05, 0.1) is 12.6 Å². The van der Waals surface area contributed by atoms with Crippen molar-refractivity contribution in [1.82, 2.24) is 9.88 Å². The van der Waals surface area contributed by atoms with Crippen LogP contribution >= 0.6 is 0 Å². The fraction of sp³-hybridized carbons (Fsp3) is 0.467. The van der Waals surface area contributed by atoms with E-state index in [1.165, 1.54) is 16.6 Å². The van der Waals surface area contributed by atoms with Crippen LogP contribution in [0.2, 0.25) is 0 Å². The number of hydrogen-bond donors (Lipinski definition) is 1. The number of aromatic nitrogens is 1. The van der Waals surface area contributed by atoms with E-state index in [0.717, 1.165) is 18.7 Å². The fourth-order valence-electron chi connectivity index (χ4n) is 2.44. The molecule has 0 aliphatic carbocycles. The molecule has 3 heteroatoms. The van der Waals surface area contributed by atoms with Crippen molar-refractivity contribution in [2.24, 2.45) is 0 Å². The molecule has 0 fully saturated rings. The first-order valence-corrected chi connectivity index (χ1v) is 6.49. The summed E-state index contributed by atoms with van der Waals surface area (Å²) in [4.78, 5) is 0. The van der Waals surface area contributed by atoms with Gasteiger partial charge in [0, 0.05) is 36.2 Å². The molecule has 3 nitrogen and oxygen atoms in total. The molecule has 0 bridgehead atoms. The second kappa shape index (κ2) is 5.44. The zero-order chi connectivity index (χ0) is 13.1. The highest BCUT2D eigenvalue weighted by Crippen LogP contribution is 2.27. The van der Waals surface area contributed by atoms with Crippen molar-refractivity contribution in [3.05, 3.63) is 30.0 Å². The molecular weight excluding hydrogens is 224 g/mol. The van der Waals surface area contributed by atoms with Crippen molar-refractivity contribution in [1.29, 1.82) is 0 Å². The van der Waals surface area contributed by atoms with Crippen LogP contribution in [0, 0.1) is 0 Å². The Balaban J connectivity index is 2.53. The van der Waals surface area contributed by atoms with Gasteiger partial charge in [0.25, 0.3) is 0 Å². The van der Waals surface area contributed by atoms with Gasteiger partial charge in [0.2, 0.25) is 0 Å². The third kappa shape index (κ3) is 2.36. The summed E-state index contributed by atoms with van der Waals surface area (Å²) in [5, 5.41) is 4.50. The summed E-state index contributed by atoms with van der Waals surface area (Å²) in [6.45, 7) is 5.45. The quantitative estimate of drug-likeness (QED) is 0.877. The largest absolute Gasteiger partial charge is 0.497 e. The van der Waals surface area contributed by atoms with E-state index in [1.54, 1.807) is 7.11 Å². The molecular formula is C15H22N2O. The lowest BCUT2D eigenvalue weighted by molar-refractivity contribution is 0.415. The standard InChI is InChI=1S/C15H22N2O/c1-11(2)17-13(7-8-16-3)9-12-5-6-14(18-4)10-15(12)17/h5-6,9-11,16H,7-8H2,1-4H3. The molecule has 0 radical (unpaired) electrons. The van der Waals surface area contributed by atoms with Crippen molar-refractivity contribution in [2.75, 3.05) is 20.7 Å². The molecule has 2 aromatic rings. The Bertz CT molecular complexity index is 529. The van der Waals surface area contributed by atoms with Gasteiger partial charge in [-0.05, 0) is 39.1 Å². The van der Waals surface area contributed by atoms with Crippen molar-refractivity contribution in [3.63, 3.8) is 0 Å². The molecule has 98 valence electrons. The summed E-state index contributed by atoms with van der Waals surface area (Å²) < 4.78 is 7.72. The molecule has 1 aromatic carbocycles. The maximum atomic E-state index is 5.32. The van der Waals surface area contributed by atoms with Gasteiger partial charge < -0.3 is 14.6 Å². The second-order valence-corrected chi connectivity index (χ2v) is 4.88. The van der Waals surface area contributed by atoms with Crippen molar-refractivity contribution >= 4 is 10.9 Å². The van der Waals surface area contributed by atoms with Gasteiger partial charge in [-0.1, -0.05) is 0 Å². The van der Waals surface area contributed by atoms with E-state index in [2.05, 4.69) is 41.9 Å². The van der Waals surface area contributed by atoms with Crippen LogP contribution in [0.25, 0.3) is 10.9 Å². The zero-order valence-corrected chi connectivity index (χ0v) is 11.7. The fourth-order valence-corrected chi connectivity index (χ4v) is 2.44. The first-order valence-electron chi connectivity index (χ1n) is 6.49. The van der Waals surface area contributed by atoms with Crippen LogP contribution < -0.4 is 10.1 Å². The monoisotopic (exact) mass is 246 g/mol.